The zero-order chi connectivity index (χ0) is 10.8. The summed E-state index contributed by atoms with van der Waals surface area (Å²) >= 11 is 3.46. The first kappa shape index (κ1) is 10.7. The lowest BCUT2D eigenvalue weighted by molar-refractivity contribution is 0.122. The van der Waals surface area contributed by atoms with Crippen molar-refractivity contribution in [1.82, 2.24) is 0 Å². The van der Waals surface area contributed by atoms with Crippen molar-refractivity contribution >= 4 is 15.9 Å². The molecule has 5 heteroatoms. The van der Waals surface area contributed by atoms with Gasteiger partial charge in [-0.15, -0.1) is 0 Å². The number of halogens is 1. The van der Waals surface area contributed by atoms with E-state index in [9.17, 15) is 0 Å². The van der Waals surface area contributed by atoms with Crippen molar-refractivity contribution in [3.05, 3.63) is 21.7 Å². The van der Waals surface area contributed by atoms with Gasteiger partial charge in [0.2, 0.25) is 0 Å². The van der Waals surface area contributed by atoms with E-state index in [1.54, 1.807) is 0 Å². The summed E-state index contributed by atoms with van der Waals surface area (Å²) in [7, 11) is 0. The van der Waals surface area contributed by atoms with Gasteiger partial charge in [-0.1, -0.05) is 15.9 Å². The molecule has 1 aliphatic heterocycles. The maximum Gasteiger partial charge on any atom is 0.164 e. The molecule has 0 aliphatic carbocycles. The van der Waals surface area contributed by atoms with Crippen LogP contribution in [0.15, 0.2) is 10.5 Å². The molecule has 4 nitrogen and oxygen atoms in total. The van der Waals surface area contributed by atoms with Crippen LogP contribution in [0.3, 0.4) is 0 Å². The standard InChI is InChI=1S/C10H12BrNO3/c1-6-7(5-15-12)8(11)4-9-10(6)14-3-2-13-9/h4H,2-3,5,12H2,1H3. The molecule has 15 heavy (non-hydrogen) atoms. The molecule has 0 bridgehead atoms. The summed E-state index contributed by atoms with van der Waals surface area (Å²) in [6.45, 7) is 3.49. The maximum atomic E-state index is 5.55. The summed E-state index contributed by atoms with van der Waals surface area (Å²) in [6, 6.07) is 1.88. The second kappa shape index (κ2) is 4.38. The van der Waals surface area contributed by atoms with Crippen molar-refractivity contribution in [2.45, 2.75) is 13.5 Å². The van der Waals surface area contributed by atoms with Crippen LogP contribution in [0.5, 0.6) is 11.5 Å². The van der Waals surface area contributed by atoms with Crippen LogP contribution in [0, 0.1) is 6.92 Å². The molecule has 2 rings (SSSR count). The van der Waals surface area contributed by atoms with Crippen LogP contribution in [-0.2, 0) is 11.4 Å². The number of hydrogen-bond acceptors (Lipinski definition) is 4. The Morgan fingerprint density at radius 3 is 2.93 bits per heavy atom. The van der Waals surface area contributed by atoms with Crippen LogP contribution in [0.4, 0.5) is 0 Å². The van der Waals surface area contributed by atoms with Crippen molar-refractivity contribution in [3.63, 3.8) is 0 Å². The third kappa shape index (κ3) is 1.95. The normalized spacial score (nSPS) is 14.1. The molecule has 0 fully saturated rings. The third-order valence-electron chi connectivity index (χ3n) is 2.38. The van der Waals surface area contributed by atoms with E-state index in [-0.39, 0.29) is 0 Å². The van der Waals surface area contributed by atoms with Gasteiger partial charge in [0.05, 0.1) is 6.61 Å². The summed E-state index contributed by atoms with van der Waals surface area (Å²) in [5, 5.41) is 0. The lowest BCUT2D eigenvalue weighted by Gasteiger charge is -2.22. The van der Waals surface area contributed by atoms with Crippen LogP contribution in [0.2, 0.25) is 0 Å². The van der Waals surface area contributed by atoms with Gasteiger partial charge in [-0.3, -0.25) is 4.84 Å². The van der Waals surface area contributed by atoms with Crippen LogP contribution in [0.1, 0.15) is 11.1 Å². The van der Waals surface area contributed by atoms with Gasteiger partial charge in [0.15, 0.2) is 11.5 Å². The van der Waals surface area contributed by atoms with Gasteiger partial charge < -0.3 is 9.47 Å². The summed E-state index contributed by atoms with van der Waals surface area (Å²) in [4.78, 5) is 4.65. The number of benzene rings is 1. The predicted octanol–water partition coefficient (Wildman–Crippen LogP) is 1.92. The number of ether oxygens (including phenoxy) is 2. The second-order valence-corrected chi connectivity index (χ2v) is 4.15. The molecule has 1 aliphatic rings. The Morgan fingerprint density at radius 2 is 2.20 bits per heavy atom. The van der Waals surface area contributed by atoms with E-state index in [1.165, 1.54) is 0 Å². The first-order valence-corrected chi connectivity index (χ1v) is 5.42. The van der Waals surface area contributed by atoms with E-state index < -0.39 is 0 Å². The summed E-state index contributed by atoms with van der Waals surface area (Å²) in [5.74, 6) is 6.64. The maximum absolute atomic E-state index is 5.55. The Labute approximate surface area is 96.4 Å². The Balaban J connectivity index is 2.49. The highest BCUT2D eigenvalue weighted by Gasteiger charge is 2.19. The first-order chi connectivity index (χ1) is 7.24. The van der Waals surface area contributed by atoms with Crippen molar-refractivity contribution in [2.24, 2.45) is 5.90 Å². The van der Waals surface area contributed by atoms with E-state index in [2.05, 4.69) is 20.8 Å². The monoisotopic (exact) mass is 273 g/mol. The minimum atomic E-state index is 0.350. The van der Waals surface area contributed by atoms with Crippen molar-refractivity contribution in [1.29, 1.82) is 0 Å². The van der Waals surface area contributed by atoms with E-state index in [0.29, 0.717) is 19.8 Å². The van der Waals surface area contributed by atoms with E-state index in [1.807, 2.05) is 13.0 Å². The highest BCUT2D eigenvalue weighted by Crippen LogP contribution is 2.39. The molecule has 82 valence electrons. The molecule has 0 aromatic heterocycles. The number of fused-ring (bicyclic) bond motifs is 1. The third-order valence-corrected chi connectivity index (χ3v) is 3.09. The molecule has 0 saturated carbocycles. The molecule has 0 spiro atoms. The fourth-order valence-electron chi connectivity index (χ4n) is 1.61. The van der Waals surface area contributed by atoms with Gasteiger partial charge >= 0.3 is 0 Å². The van der Waals surface area contributed by atoms with Crippen molar-refractivity contribution in [2.75, 3.05) is 13.2 Å². The zero-order valence-corrected chi connectivity index (χ0v) is 9.96. The number of hydrogen-bond donors (Lipinski definition) is 1. The van der Waals surface area contributed by atoms with Gasteiger partial charge in [0, 0.05) is 15.6 Å². The highest BCUT2D eigenvalue weighted by atomic mass is 79.9. The fraction of sp³-hybridized carbons (Fsp3) is 0.400. The largest absolute Gasteiger partial charge is 0.486 e. The van der Waals surface area contributed by atoms with Gasteiger partial charge in [-0.05, 0) is 13.0 Å². The van der Waals surface area contributed by atoms with E-state index in [0.717, 1.165) is 27.1 Å². The van der Waals surface area contributed by atoms with Gasteiger partial charge in [0.1, 0.15) is 13.2 Å². The molecule has 0 atom stereocenters. The SMILES string of the molecule is Cc1c(CON)c(Br)cc2c1OCCO2. The minimum Gasteiger partial charge on any atom is -0.486 e. The Morgan fingerprint density at radius 1 is 1.47 bits per heavy atom. The molecule has 1 heterocycles. The van der Waals surface area contributed by atoms with Gasteiger partial charge in [0.25, 0.3) is 0 Å². The quantitative estimate of drug-likeness (QED) is 0.837. The molecule has 0 unspecified atom stereocenters. The Hall–Kier alpha value is -0.780. The smallest absolute Gasteiger partial charge is 0.164 e. The summed E-state index contributed by atoms with van der Waals surface area (Å²) in [5.41, 5.74) is 1.99. The molecular formula is C10H12BrNO3. The van der Waals surface area contributed by atoms with E-state index in [4.69, 9.17) is 15.4 Å². The summed E-state index contributed by atoms with van der Waals surface area (Å²) < 4.78 is 12.0. The molecule has 0 radical (unpaired) electrons. The van der Waals surface area contributed by atoms with Crippen LogP contribution in [0.25, 0.3) is 0 Å². The number of nitrogens with two attached hydrogens (primary N) is 1. The average Bonchev–Trinajstić information content (AvgIpc) is 2.24. The van der Waals surface area contributed by atoms with Crippen LogP contribution in [-0.4, -0.2) is 13.2 Å². The fourth-order valence-corrected chi connectivity index (χ4v) is 2.23. The molecular weight excluding hydrogens is 262 g/mol. The molecule has 2 N–H and O–H groups in total. The number of rotatable bonds is 2. The van der Waals surface area contributed by atoms with Gasteiger partial charge in [-0.25, -0.2) is 5.90 Å². The van der Waals surface area contributed by atoms with Crippen molar-refractivity contribution < 1.29 is 14.3 Å². The van der Waals surface area contributed by atoms with Crippen LogP contribution < -0.4 is 15.4 Å². The second-order valence-electron chi connectivity index (χ2n) is 3.30. The van der Waals surface area contributed by atoms with Crippen molar-refractivity contribution in [3.8, 4) is 11.5 Å². The molecule has 1 aromatic rings. The molecule has 1 aromatic carbocycles. The Kier molecular flexibility index (Phi) is 3.14. The molecule has 0 saturated heterocycles. The summed E-state index contributed by atoms with van der Waals surface area (Å²) in [6.07, 6.45) is 0. The van der Waals surface area contributed by atoms with Gasteiger partial charge in [-0.2, -0.15) is 0 Å². The van der Waals surface area contributed by atoms with E-state index >= 15 is 0 Å². The predicted molar refractivity (Wildman–Crippen MR) is 58.8 cm³/mol. The highest BCUT2D eigenvalue weighted by molar-refractivity contribution is 9.10. The molecule has 0 amide bonds. The first-order valence-electron chi connectivity index (χ1n) is 4.63. The zero-order valence-electron chi connectivity index (χ0n) is 8.38. The average molecular weight is 274 g/mol. The Bertz CT molecular complexity index is 381. The lowest BCUT2D eigenvalue weighted by atomic mass is 10.1. The lowest BCUT2D eigenvalue weighted by Crippen LogP contribution is -2.17. The minimum absolute atomic E-state index is 0.350. The topological polar surface area (TPSA) is 53.7 Å². The van der Waals surface area contributed by atoms with Crippen LogP contribution >= 0.6 is 15.9 Å².